The van der Waals surface area contributed by atoms with Gasteiger partial charge in [-0.2, -0.15) is 0 Å². The Hall–Kier alpha value is -1.32. The molecule has 2 N–H and O–H groups in total. The fourth-order valence-electron chi connectivity index (χ4n) is 1.66. The summed E-state index contributed by atoms with van der Waals surface area (Å²) in [7, 11) is 0. The van der Waals surface area contributed by atoms with Crippen molar-refractivity contribution < 1.29 is 14.9 Å². The molecule has 2 aliphatic carbocycles. The Bertz CT molecular complexity index is 361. The summed E-state index contributed by atoms with van der Waals surface area (Å²) in [5, 5.41) is 18.4. The van der Waals surface area contributed by atoms with Crippen molar-refractivity contribution in [2.75, 3.05) is 6.61 Å². The van der Waals surface area contributed by atoms with Crippen molar-refractivity contribution in [1.29, 1.82) is 0 Å². The Morgan fingerprint density at radius 1 is 1.33 bits per heavy atom. The highest BCUT2D eigenvalue weighted by atomic mass is 16.5. The molecule has 0 saturated carbocycles. The third-order valence-corrected chi connectivity index (χ3v) is 2.45. The quantitative estimate of drug-likeness (QED) is 0.731. The fraction of sp³-hybridized carbons (Fsp3) is 0.333. The largest absolute Gasteiger partial charge is 0.465 e. The van der Waals surface area contributed by atoms with Crippen LogP contribution in [0.25, 0.3) is 0 Å². The van der Waals surface area contributed by atoms with Crippen LogP contribution in [0.3, 0.4) is 0 Å². The minimum Gasteiger partial charge on any atom is -0.465 e. The van der Waals surface area contributed by atoms with Crippen LogP contribution in [-0.2, 0) is 4.74 Å². The van der Waals surface area contributed by atoms with Crippen molar-refractivity contribution in [3.05, 3.63) is 47.5 Å². The van der Waals surface area contributed by atoms with Gasteiger partial charge in [-0.25, -0.2) is 0 Å². The highest BCUT2D eigenvalue weighted by Gasteiger charge is 2.18. The van der Waals surface area contributed by atoms with Crippen molar-refractivity contribution >= 4 is 0 Å². The second-order valence-electron chi connectivity index (χ2n) is 3.55. The van der Waals surface area contributed by atoms with Gasteiger partial charge in [0.25, 0.3) is 0 Å². The van der Waals surface area contributed by atoms with E-state index in [2.05, 4.69) is 0 Å². The Labute approximate surface area is 88.7 Å². The standard InChI is InChI=1S/C12H14O3/c13-8-11(14)10-6-3-7-12(10)15-9-4-1-2-5-9/h1-4,6,11,13-14H,5,7-8H2. The molecule has 0 aliphatic heterocycles. The summed E-state index contributed by atoms with van der Waals surface area (Å²) in [6.45, 7) is -0.274. The lowest BCUT2D eigenvalue weighted by atomic mass is 10.1. The van der Waals surface area contributed by atoms with E-state index in [1.54, 1.807) is 6.08 Å². The van der Waals surface area contributed by atoms with Gasteiger partial charge in [0.05, 0.1) is 6.61 Å². The summed E-state index contributed by atoms with van der Waals surface area (Å²) < 4.78 is 5.65. The lowest BCUT2D eigenvalue weighted by molar-refractivity contribution is 0.120. The normalized spacial score (nSPS) is 21.1. The lowest BCUT2D eigenvalue weighted by Crippen LogP contribution is -2.15. The smallest absolute Gasteiger partial charge is 0.113 e. The number of aliphatic hydroxyl groups is 2. The van der Waals surface area contributed by atoms with Gasteiger partial charge in [-0.1, -0.05) is 24.3 Å². The molecule has 0 bridgehead atoms. The van der Waals surface area contributed by atoms with Gasteiger partial charge in [0.15, 0.2) is 0 Å². The van der Waals surface area contributed by atoms with E-state index in [-0.39, 0.29) is 6.61 Å². The van der Waals surface area contributed by atoms with Gasteiger partial charge < -0.3 is 14.9 Å². The first-order valence-electron chi connectivity index (χ1n) is 5.03. The SMILES string of the molecule is OCC(O)C1=C(OC2=CC=CC2)CC=C1. The molecule has 1 atom stereocenters. The average Bonchev–Trinajstić information content (AvgIpc) is 2.88. The molecule has 0 amide bonds. The Morgan fingerprint density at radius 2 is 2.20 bits per heavy atom. The maximum Gasteiger partial charge on any atom is 0.113 e. The van der Waals surface area contributed by atoms with E-state index >= 15 is 0 Å². The molecular weight excluding hydrogens is 192 g/mol. The van der Waals surface area contributed by atoms with Crippen molar-refractivity contribution in [2.45, 2.75) is 18.9 Å². The van der Waals surface area contributed by atoms with Gasteiger partial charge in [-0.3, -0.25) is 0 Å². The summed E-state index contributed by atoms with van der Waals surface area (Å²) in [6, 6.07) is 0. The van der Waals surface area contributed by atoms with Crippen molar-refractivity contribution in [2.24, 2.45) is 0 Å². The highest BCUT2D eigenvalue weighted by Crippen LogP contribution is 2.27. The number of hydrogen-bond acceptors (Lipinski definition) is 3. The van der Waals surface area contributed by atoms with Gasteiger partial charge in [-0.15, -0.1) is 0 Å². The molecular formula is C12H14O3. The molecule has 2 aliphatic rings. The second kappa shape index (κ2) is 4.47. The van der Waals surface area contributed by atoms with E-state index in [4.69, 9.17) is 9.84 Å². The molecule has 0 aromatic heterocycles. The molecule has 3 heteroatoms. The topological polar surface area (TPSA) is 49.7 Å². The molecule has 0 aromatic rings. The van der Waals surface area contributed by atoms with Gasteiger partial charge in [0.1, 0.15) is 17.6 Å². The highest BCUT2D eigenvalue weighted by molar-refractivity contribution is 5.35. The van der Waals surface area contributed by atoms with Gasteiger partial charge >= 0.3 is 0 Å². The first-order valence-corrected chi connectivity index (χ1v) is 5.03. The molecule has 1 unspecified atom stereocenters. The van der Waals surface area contributed by atoms with Crippen LogP contribution >= 0.6 is 0 Å². The van der Waals surface area contributed by atoms with E-state index in [9.17, 15) is 5.11 Å². The van der Waals surface area contributed by atoms with Crippen LogP contribution in [0, 0.1) is 0 Å². The van der Waals surface area contributed by atoms with Gasteiger partial charge in [-0.05, 0) is 6.08 Å². The maximum absolute atomic E-state index is 9.53. The van der Waals surface area contributed by atoms with Crippen molar-refractivity contribution in [3.63, 3.8) is 0 Å². The molecule has 0 radical (unpaired) electrons. The van der Waals surface area contributed by atoms with Crippen LogP contribution in [0.15, 0.2) is 47.5 Å². The van der Waals surface area contributed by atoms with E-state index in [1.165, 1.54) is 0 Å². The van der Waals surface area contributed by atoms with E-state index in [0.717, 1.165) is 17.9 Å². The molecule has 0 aromatic carbocycles. The first-order chi connectivity index (χ1) is 7.31. The van der Waals surface area contributed by atoms with Crippen LogP contribution in [0.1, 0.15) is 12.8 Å². The van der Waals surface area contributed by atoms with Crippen LogP contribution < -0.4 is 0 Å². The summed E-state index contributed by atoms with van der Waals surface area (Å²) >= 11 is 0. The second-order valence-corrected chi connectivity index (χ2v) is 3.55. The van der Waals surface area contributed by atoms with Crippen LogP contribution in [0.2, 0.25) is 0 Å². The third-order valence-electron chi connectivity index (χ3n) is 2.45. The number of allylic oxidation sites excluding steroid dienone is 4. The molecule has 15 heavy (non-hydrogen) atoms. The summed E-state index contributed by atoms with van der Waals surface area (Å²) in [6.07, 6.45) is 10.2. The maximum atomic E-state index is 9.53. The minimum atomic E-state index is -0.839. The van der Waals surface area contributed by atoms with E-state index < -0.39 is 6.10 Å². The predicted molar refractivity (Wildman–Crippen MR) is 56.8 cm³/mol. The monoisotopic (exact) mass is 206 g/mol. The number of rotatable bonds is 4. The molecule has 2 rings (SSSR count). The Morgan fingerprint density at radius 3 is 2.87 bits per heavy atom. The van der Waals surface area contributed by atoms with Crippen molar-refractivity contribution in [1.82, 2.24) is 0 Å². The average molecular weight is 206 g/mol. The van der Waals surface area contributed by atoms with Crippen molar-refractivity contribution in [3.8, 4) is 0 Å². The molecule has 0 saturated heterocycles. The first kappa shape index (κ1) is 10.2. The zero-order chi connectivity index (χ0) is 10.7. The fourth-order valence-corrected chi connectivity index (χ4v) is 1.66. The number of hydrogen-bond donors (Lipinski definition) is 2. The van der Waals surface area contributed by atoms with E-state index in [0.29, 0.717) is 12.0 Å². The number of aliphatic hydroxyl groups excluding tert-OH is 2. The minimum absolute atomic E-state index is 0.274. The van der Waals surface area contributed by atoms with Gasteiger partial charge in [0.2, 0.25) is 0 Å². The molecule has 0 spiro atoms. The summed E-state index contributed by atoms with van der Waals surface area (Å²) in [4.78, 5) is 0. The Kier molecular flexibility index (Phi) is 3.04. The van der Waals surface area contributed by atoms with Crippen LogP contribution in [-0.4, -0.2) is 22.9 Å². The molecule has 3 nitrogen and oxygen atoms in total. The Balaban J connectivity index is 2.07. The zero-order valence-electron chi connectivity index (χ0n) is 8.39. The lowest BCUT2D eigenvalue weighted by Gasteiger charge is -2.13. The third kappa shape index (κ3) is 2.19. The molecule has 0 heterocycles. The van der Waals surface area contributed by atoms with Crippen LogP contribution in [0.4, 0.5) is 0 Å². The zero-order valence-corrected chi connectivity index (χ0v) is 8.39. The van der Waals surface area contributed by atoms with Gasteiger partial charge in [0, 0.05) is 18.4 Å². The van der Waals surface area contributed by atoms with Crippen LogP contribution in [0.5, 0.6) is 0 Å². The number of ether oxygens (including phenoxy) is 1. The van der Waals surface area contributed by atoms with E-state index in [1.807, 2.05) is 24.3 Å². The predicted octanol–water partition coefficient (Wildman–Crippen LogP) is 1.41. The molecule has 0 fully saturated rings. The molecule has 80 valence electrons. The summed E-state index contributed by atoms with van der Waals surface area (Å²) in [5.41, 5.74) is 0.685. The summed E-state index contributed by atoms with van der Waals surface area (Å²) in [5.74, 6) is 1.63.